The molecule has 20 heavy (non-hydrogen) atoms. The smallest absolute Gasteiger partial charge is 0.321 e. The van der Waals surface area contributed by atoms with Gasteiger partial charge in [0.05, 0.1) is 5.75 Å². The molecule has 0 aliphatic carbocycles. The van der Waals surface area contributed by atoms with Crippen molar-refractivity contribution in [1.29, 1.82) is 0 Å². The molecule has 3 N–H and O–H groups in total. The van der Waals surface area contributed by atoms with E-state index in [0.29, 0.717) is 23.1 Å². The highest BCUT2D eigenvalue weighted by Crippen LogP contribution is 2.20. The quantitative estimate of drug-likeness (QED) is 0.833. The minimum atomic E-state index is -1.05. The Labute approximate surface area is 118 Å². The van der Waals surface area contributed by atoms with Crippen LogP contribution in [0.1, 0.15) is 5.89 Å². The van der Waals surface area contributed by atoms with E-state index in [9.17, 15) is 9.18 Å². The lowest BCUT2D eigenvalue weighted by Gasteiger charge is -2.03. The summed E-state index contributed by atoms with van der Waals surface area (Å²) in [7, 11) is 0. The van der Waals surface area contributed by atoms with Crippen LogP contribution in [0.2, 0.25) is 0 Å². The molecule has 2 aromatic rings. The maximum Gasteiger partial charge on any atom is 0.321 e. The summed E-state index contributed by atoms with van der Waals surface area (Å²) in [5, 5.41) is 16.3. The molecule has 1 heterocycles. The van der Waals surface area contributed by atoms with E-state index < -0.39 is 12.0 Å². The zero-order valence-electron chi connectivity index (χ0n) is 10.3. The van der Waals surface area contributed by atoms with E-state index in [2.05, 4.69) is 10.2 Å². The van der Waals surface area contributed by atoms with Crippen LogP contribution in [0.15, 0.2) is 28.7 Å². The molecule has 0 aliphatic heterocycles. The number of carboxylic acids is 1. The highest BCUT2D eigenvalue weighted by Gasteiger charge is 2.13. The Balaban J connectivity index is 1.92. The Kier molecular flexibility index (Phi) is 4.70. The summed E-state index contributed by atoms with van der Waals surface area (Å²) < 4.78 is 18.2. The number of aliphatic carboxylic acids is 1. The molecule has 6 nitrogen and oxygen atoms in total. The van der Waals surface area contributed by atoms with Crippen LogP contribution in [0.4, 0.5) is 4.39 Å². The van der Waals surface area contributed by atoms with E-state index in [1.807, 2.05) is 0 Å². The Morgan fingerprint density at radius 2 is 2.10 bits per heavy atom. The second-order valence-electron chi connectivity index (χ2n) is 3.97. The molecular weight excluding hydrogens is 285 g/mol. The van der Waals surface area contributed by atoms with Gasteiger partial charge in [0.2, 0.25) is 11.8 Å². The third kappa shape index (κ3) is 3.78. The molecule has 106 valence electrons. The number of halogens is 1. The third-order valence-corrected chi connectivity index (χ3v) is 3.44. The van der Waals surface area contributed by atoms with Crippen molar-refractivity contribution in [3.63, 3.8) is 0 Å². The number of nitrogens with two attached hydrogens (primary N) is 1. The van der Waals surface area contributed by atoms with Gasteiger partial charge in [0.15, 0.2) is 0 Å². The van der Waals surface area contributed by atoms with Crippen LogP contribution in [0, 0.1) is 5.82 Å². The zero-order chi connectivity index (χ0) is 14.5. The molecule has 0 aliphatic rings. The monoisotopic (exact) mass is 297 g/mol. The first-order valence-electron chi connectivity index (χ1n) is 5.70. The van der Waals surface area contributed by atoms with E-state index in [1.165, 1.54) is 23.9 Å². The normalized spacial score (nSPS) is 12.3. The molecule has 1 aromatic carbocycles. The number of nitrogens with zero attached hydrogens (tertiary/aromatic N) is 2. The first-order chi connectivity index (χ1) is 9.56. The molecule has 0 bridgehead atoms. The van der Waals surface area contributed by atoms with Gasteiger partial charge in [-0.1, -0.05) is 0 Å². The highest BCUT2D eigenvalue weighted by atomic mass is 32.2. The van der Waals surface area contributed by atoms with E-state index >= 15 is 0 Å². The van der Waals surface area contributed by atoms with Crippen molar-refractivity contribution < 1.29 is 18.7 Å². The van der Waals surface area contributed by atoms with Crippen molar-refractivity contribution in [3.8, 4) is 11.5 Å². The largest absolute Gasteiger partial charge is 0.480 e. The van der Waals surface area contributed by atoms with E-state index in [1.54, 1.807) is 12.1 Å². The summed E-state index contributed by atoms with van der Waals surface area (Å²) in [4.78, 5) is 10.5. The minimum Gasteiger partial charge on any atom is -0.480 e. The fourth-order valence-electron chi connectivity index (χ4n) is 1.37. The summed E-state index contributed by atoms with van der Waals surface area (Å²) in [5.41, 5.74) is 5.99. The molecule has 1 atom stereocenters. The van der Waals surface area contributed by atoms with Gasteiger partial charge in [0.1, 0.15) is 11.9 Å². The van der Waals surface area contributed by atoms with Crippen LogP contribution < -0.4 is 5.73 Å². The number of benzene rings is 1. The first-order valence-corrected chi connectivity index (χ1v) is 6.86. The van der Waals surface area contributed by atoms with Gasteiger partial charge in [-0.3, -0.25) is 4.79 Å². The maximum atomic E-state index is 12.8. The Morgan fingerprint density at radius 3 is 2.75 bits per heavy atom. The number of hydrogen-bond acceptors (Lipinski definition) is 6. The van der Waals surface area contributed by atoms with Crippen LogP contribution in [-0.2, 0) is 10.5 Å². The summed E-state index contributed by atoms with van der Waals surface area (Å²) in [5.74, 6) is -0.101. The maximum absolute atomic E-state index is 12.8. The minimum absolute atomic E-state index is 0.254. The van der Waals surface area contributed by atoms with Gasteiger partial charge in [0, 0.05) is 11.3 Å². The van der Waals surface area contributed by atoms with Gasteiger partial charge in [-0.25, -0.2) is 4.39 Å². The van der Waals surface area contributed by atoms with E-state index in [0.717, 1.165) is 0 Å². The molecule has 0 radical (unpaired) electrons. The molecule has 0 fully saturated rings. The standard InChI is InChI=1S/C12H12FN3O3S/c13-8-3-1-7(2-4-8)11-16-15-10(19-11)6-20-5-9(14)12(17)18/h1-4,9H,5-6,14H2,(H,17,18). The molecule has 1 aromatic heterocycles. The van der Waals surface area contributed by atoms with Gasteiger partial charge >= 0.3 is 5.97 Å². The van der Waals surface area contributed by atoms with Crippen LogP contribution in [0.5, 0.6) is 0 Å². The second kappa shape index (κ2) is 6.49. The van der Waals surface area contributed by atoms with Crippen molar-refractivity contribution >= 4 is 17.7 Å². The van der Waals surface area contributed by atoms with Crippen molar-refractivity contribution in [2.75, 3.05) is 5.75 Å². The van der Waals surface area contributed by atoms with Gasteiger partial charge in [0.25, 0.3) is 0 Å². The third-order valence-electron chi connectivity index (χ3n) is 2.40. The van der Waals surface area contributed by atoms with E-state index in [4.69, 9.17) is 15.3 Å². The van der Waals surface area contributed by atoms with Crippen molar-refractivity contribution in [3.05, 3.63) is 36.0 Å². The SMILES string of the molecule is NC(CSCc1nnc(-c2ccc(F)cc2)o1)C(=O)O. The predicted octanol–water partition coefficient (Wildman–Crippen LogP) is 1.52. The van der Waals surface area contributed by atoms with Crippen LogP contribution in [0.25, 0.3) is 11.5 Å². The first kappa shape index (κ1) is 14.5. The van der Waals surface area contributed by atoms with E-state index in [-0.39, 0.29) is 11.6 Å². The van der Waals surface area contributed by atoms with Crippen LogP contribution in [-0.4, -0.2) is 33.1 Å². The molecule has 2 rings (SSSR count). The predicted molar refractivity (Wildman–Crippen MR) is 71.5 cm³/mol. The zero-order valence-corrected chi connectivity index (χ0v) is 11.1. The summed E-state index contributed by atoms with van der Waals surface area (Å²) in [6.45, 7) is 0. The van der Waals surface area contributed by atoms with Crippen molar-refractivity contribution in [2.24, 2.45) is 5.73 Å². The number of aromatic nitrogens is 2. The highest BCUT2D eigenvalue weighted by molar-refractivity contribution is 7.98. The van der Waals surface area contributed by atoms with Gasteiger partial charge in [-0.05, 0) is 24.3 Å². The van der Waals surface area contributed by atoms with Gasteiger partial charge in [-0.15, -0.1) is 22.0 Å². The molecule has 8 heteroatoms. The Hall–Kier alpha value is -1.93. The molecule has 0 amide bonds. The molecular formula is C12H12FN3O3S. The molecule has 1 unspecified atom stereocenters. The van der Waals surface area contributed by atoms with Crippen molar-refractivity contribution in [2.45, 2.75) is 11.8 Å². The molecule has 0 saturated heterocycles. The van der Waals surface area contributed by atoms with Crippen LogP contribution in [0.3, 0.4) is 0 Å². The Morgan fingerprint density at radius 1 is 1.40 bits per heavy atom. The summed E-state index contributed by atoms with van der Waals surface area (Å²) >= 11 is 1.29. The van der Waals surface area contributed by atoms with Gasteiger partial charge in [-0.2, -0.15) is 0 Å². The fourth-order valence-corrected chi connectivity index (χ4v) is 2.17. The molecule has 0 saturated carbocycles. The lowest BCUT2D eigenvalue weighted by Crippen LogP contribution is -2.32. The Bertz CT molecular complexity index is 588. The number of rotatable bonds is 6. The average molecular weight is 297 g/mol. The number of carbonyl (C=O) groups is 1. The number of hydrogen-bond donors (Lipinski definition) is 2. The topological polar surface area (TPSA) is 102 Å². The summed E-state index contributed by atoms with van der Waals surface area (Å²) in [6, 6.07) is 4.78. The molecule has 0 spiro atoms. The van der Waals surface area contributed by atoms with Crippen LogP contribution >= 0.6 is 11.8 Å². The lowest BCUT2D eigenvalue weighted by molar-refractivity contribution is -0.137. The van der Waals surface area contributed by atoms with Crippen molar-refractivity contribution in [1.82, 2.24) is 10.2 Å². The lowest BCUT2D eigenvalue weighted by atomic mass is 10.2. The number of thioether (sulfide) groups is 1. The average Bonchev–Trinajstić information content (AvgIpc) is 2.88. The summed E-state index contributed by atoms with van der Waals surface area (Å²) in [6.07, 6.45) is 0. The number of carboxylic acid groups (broad SMARTS) is 1. The second-order valence-corrected chi connectivity index (χ2v) is 5.00. The van der Waals surface area contributed by atoms with Gasteiger partial charge < -0.3 is 15.3 Å². The fraction of sp³-hybridized carbons (Fsp3) is 0.250.